The molecular formula is C13H13N3O3. The predicted molar refractivity (Wildman–Crippen MR) is 70.4 cm³/mol. The minimum atomic E-state index is -0.244. The van der Waals surface area contributed by atoms with E-state index < -0.39 is 0 Å². The molecule has 6 heteroatoms. The first-order chi connectivity index (χ1) is 9.15. The Morgan fingerprint density at radius 3 is 2.74 bits per heavy atom. The van der Waals surface area contributed by atoms with Gasteiger partial charge in [-0.25, -0.2) is 0 Å². The van der Waals surface area contributed by atoms with E-state index in [1.807, 2.05) is 0 Å². The smallest absolute Gasteiger partial charge is 0.261 e. The summed E-state index contributed by atoms with van der Waals surface area (Å²) in [5.41, 5.74) is 7.04. The molecule has 0 aliphatic carbocycles. The Labute approximate surface area is 109 Å². The molecular weight excluding hydrogens is 246 g/mol. The van der Waals surface area contributed by atoms with Crippen LogP contribution in [-0.2, 0) is 0 Å². The third-order valence-corrected chi connectivity index (χ3v) is 2.72. The summed E-state index contributed by atoms with van der Waals surface area (Å²) in [6.07, 6.45) is 2.79. The Kier molecular flexibility index (Phi) is 3.51. The standard InChI is InChI=1S/C13H13N3O3/c1-16(13(17)9-6-7-19-8-9)11-5-3-2-4-10(11)12(14)15-18/h2-8,18H,1H3,(H2,14,15). The molecule has 19 heavy (non-hydrogen) atoms. The van der Waals surface area contributed by atoms with E-state index in [1.54, 1.807) is 37.4 Å². The van der Waals surface area contributed by atoms with Crippen LogP contribution in [0.25, 0.3) is 0 Å². The van der Waals surface area contributed by atoms with Crippen molar-refractivity contribution in [2.75, 3.05) is 11.9 Å². The SMILES string of the molecule is CN(C(=O)c1ccoc1)c1ccccc1C(N)=NO. The largest absolute Gasteiger partial charge is 0.472 e. The quantitative estimate of drug-likeness (QED) is 0.379. The molecule has 0 fully saturated rings. The molecule has 0 radical (unpaired) electrons. The Morgan fingerprint density at radius 1 is 1.37 bits per heavy atom. The summed E-state index contributed by atoms with van der Waals surface area (Å²) in [5.74, 6) is -0.297. The highest BCUT2D eigenvalue weighted by atomic mass is 16.4. The zero-order valence-electron chi connectivity index (χ0n) is 10.3. The van der Waals surface area contributed by atoms with E-state index in [1.165, 1.54) is 17.4 Å². The molecule has 0 saturated carbocycles. The first-order valence-corrected chi connectivity index (χ1v) is 5.52. The molecule has 1 heterocycles. The number of anilines is 1. The van der Waals surface area contributed by atoms with Gasteiger partial charge in [0.15, 0.2) is 5.84 Å². The molecule has 0 bridgehead atoms. The number of nitrogens with zero attached hydrogens (tertiary/aromatic N) is 2. The van der Waals surface area contributed by atoms with Crippen molar-refractivity contribution < 1.29 is 14.4 Å². The van der Waals surface area contributed by atoms with Gasteiger partial charge in [0.25, 0.3) is 5.91 Å². The fourth-order valence-corrected chi connectivity index (χ4v) is 1.73. The number of carbonyl (C=O) groups is 1. The maximum atomic E-state index is 12.2. The molecule has 0 atom stereocenters. The maximum Gasteiger partial charge on any atom is 0.261 e. The molecule has 0 aliphatic rings. The highest BCUT2D eigenvalue weighted by Gasteiger charge is 2.18. The van der Waals surface area contributed by atoms with Crippen molar-refractivity contribution in [1.29, 1.82) is 0 Å². The molecule has 98 valence electrons. The van der Waals surface area contributed by atoms with Crippen molar-refractivity contribution in [2.24, 2.45) is 10.9 Å². The number of amidine groups is 1. The van der Waals surface area contributed by atoms with Gasteiger partial charge in [-0.15, -0.1) is 0 Å². The van der Waals surface area contributed by atoms with Crippen LogP contribution in [0.4, 0.5) is 5.69 Å². The predicted octanol–water partition coefficient (Wildman–Crippen LogP) is 1.65. The number of benzene rings is 1. The molecule has 2 aromatic rings. The van der Waals surface area contributed by atoms with Gasteiger partial charge in [-0.3, -0.25) is 4.79 Å². The van der Waals surface area contributed by atoms with E-state index in [4.69, 9.17) is 15.4 Å². The summed E-state index contributed by atoms with van der Waals surface area (Å²) < 4.78 is 4.88. The Bertz CT molecular complexity index is 605. The average molecular weight is 259 g/mol. The van der Waals surface area contributed by atoms with Gasteiger partial charge in [-0.05, 0) is 18.2 Å². The number of para-hydroxylation sites is 1. The van der Waals surface area contributed by atoms with Crippen molar-refractivity contribution in [1.82, 2.24) is 0 Å². The van der Waals surface area contributed by atoms with Gasteiger partial charge in [0.2, 0.25) is 0 Å². The molecule has 0 saturated heterocycles. The number of nitrogens with two attached hydrogens (primary N) is 1. The lowest BCUT2D eigenvalue weighted by Crippen LogP contribution is -2.28. The van der Waals surface area contributed by atoms with E-state index in [2.05, 4.69) is 5.16 Å². The second-order valence-electron chi connectivity index (χ2n) is 3.88. The van der Waals surface area contributed by atoms with Crippen LogP contribution in [0.1, 0.15) is 15.9 Å². The first kappa shape index (κ1) is 12.7. The number of furan rings is 1. The van der Waals surface area contributed by atoms with Crippen molar-refractivity contribution in [2.45, 2.75) is 0 Å². The number of amides is 1. The average Bonchev–Trinajstić information content (AvgIpc) is 2.99. The minimum absolute atomic E-state index is 0.0533. The van der Waals surface area contributed by atoms with Crippen LogP contribution in [0.3, 0.4) is 0 Å². The summed E-state index contributed by atoms with van der Waals surface area (Å²) in [7, 11) is 1.61. The molecule has 0 aliphatic heterocycles. The van der Waals surface area contributed by atoms with Crippen LogP contribution in [0.5, 0.6) is 0 Å². The zero-order chi connectivity index (χ0) is 13.8. The summed E-state index contributed by atoms with van der Waals surface area (Å²) in [4.78, 5) is 13.6. The number of carbonyl (C=O) groups excluding carboxylic acids is 1. The summed E-state index contributed by atoms with van der Waals surface area (Å²) in [5, 5.41) is 11.7. The van der Waals surface area contributed by atoms with E-state index in [-0.39, 0.29) is 11.7 Å². The third kappa shape index (κ3) is 2.42. The topological polar surface area (TPSA) is 92.1 Å². The van der Waals surface area contributed by atoms with E-state index in [0.29, 0.717) is 16.8 Å². The first-order valence-electron chi connectivity index (χ1n) is 5.52. The van der Waals surface area contributed by atoms with Crippen LogP contribution in [0, 0.1) is 0 Å². The van der Waals surface area contributed by atoms with Crippen LogP contribution in [0.15, 0.2) is 52.4 Å². The van der Waals surface area contributed by atoms with Crippen LogP contribution in [-0.4, -0.2) is 24.0 Å². The normalized spacial score (nSPS) is 11.3. The van der Waals surface area contributed by atoms with Crippen molar-refractivity contribution in [3.05, 3.63) is 54.0 Å². The van der Waals surface area contributed by atoms with Gasteiger partial charge in [-0.2, -0.15) is 0 Å². The third-order valence-electron chi connectivity index (χ3n) is 2.72. The number of hydrogen-bond donors (Lipinski definition) is 2. The Morgan fingerprint density at radius 2 is 2.11 bits per heavy atom. The van der Waals surface area contributed by atoms with Gasteiger partial charge in [0, 0.05) is 12.6 Å². The lowest BCUT2D eigenvalue weighted by molar-refractivity contribution is 0.0992. The summed E-state index contributed by atoms with van der Waals surface area (Å²) in [6.45, 7) is 0. The lowest BCUT2D eigenvalue weighted by atomic mass is 10.1. The molecule has 0 unspecified atom stereocenters. The van der Waals surface area contributed by atoms with Crippen molar-refractivity contribution in [3.8, 4) is 0 Å². The molecule has 6 nitrogen and oxygen atoms in total. The van der Waals surface area contributed by atoms with Crippen molar-refractivity contribution >= 4 is 17.4 Å². The maximum absolute atomic E-state index is 12.2. The van der Waals surface area contributed by atoms with Crippen LogP contribution in [0.2, 0.25) is 0 Å². The highest BCUT2D eigenvalue weighted by Crippen LogP contribution is 2.21. The number of hydrogen-bond acceptors (Lipinski definition) is 4. The van der Waals surface area contributed by atoms with Crippen LogP contribution < -0.4 is 10.6 Å². The monoisotopic (exact) mass is 259 g/mol. The van der Waals surface area contributed by atoms with Gasteiger partial charge in [-0.1, -0.05) is 17.3 Å². The van der Waals surface area contributed by atoms with Gasteiger partial charge in [0.05, 0.1) is 17.5 Å². The van der Waals surface area contributed by atoms with E-state index in [9.17, 15) is 4.79 Å². The molecule has 1 aromatic carbocycles. The minimum Gasteiger partial charge on any atom is -0.472 e. The summed E-state index contributed by atoms with van der Waals surface area (Å²) in [6, 6.07) is 8.47. The Hall–Kier alpha value is -2.76. The molecule has 1 amide bonds. The fourth-order valence-electron chi connectivity index (χ4n) is 1.73. The summed E-state index contributed by atoms with van der Waals surface area (Å²) >= 11 is 0. The highest BCUT2D eigenvalue weighted by molar-refractivity contribution is 6.10. The lowest BCUT2D eigenvalue weighted by Gasteiger charge is -2.19. The van der Waals surface area contributed by atoms with Crippen molar-refractivity contribution in [3.63, 3.8) is 0 Å². The second kappa shape index (κ2) is 5.26. The number of oxime groups is 1. The number of rotatable bonds is 3. The zero-order valence-corrected chi connectivity index (χ0v) is 10.3. The van der Waals surface area contributed by atoms with Gasteiger partial charge in [0.1, 0.15) is 6.26 Å². The van der Waals surface area contributed by atoms with E-state index >= 15 is 0 Å². The fraction of sp³-hybridized carbons (Fsp3) is 0.0769. The molecule has 3 N–H and O–H groups in total. The Balaban J connectivity index is 2.39. The van der Waals surface area contributed by atoms with Crippen LogP contribution >= 0.6 is 0 Å². The molecule has 0 spiro atoms. The van der Waals surface area contributed by atoms with E-state index in [0.717, 1.165) is 0 Å². The van der Waals surface area contributed by atoms with Gasteiger partial charge < -0.3 is 20.3 Å². The molecule has 2 rings (SSSR count). The second-order valence-corrected chi connectivity index (χ2v) is 3.88. The molecule has 1 aromatic heterocycles. The van der Waals surface area contributed by atoms with Gasteiger partial charge >= 0.3 is 0 Å².